The average Bonchev–Trinajstić information content (AvgIpc) is 2.68. The summed E-state index contributed by atoms with van der Waals surface area (Å²) in [6.45, 7) is 7.83. The standard InChI is InChI=1S/C16H22ClN3O/c1-5-8-18-10-13-6-7-14(17)9-15(13)21-16-11(2)19-20(4)12(16)3/h6-7,9,18H,5,8,10H2,1-4H3. The lowest BCUT2D eigenvalue weighted by atomic mass is 10.2. The van der Waals surface area contributed by atoms with Gasteiger partial charge in [0.25, 0.3) is 0 Å². The summed E-state index contributed by atoms with van der Waals surface area (Å²) in [6, 6.07) is 5.75. The fourth-order valence-electron chi connectivity index (χ4n) is 2.18. The van der Waals surface area contributed by atoms with Gasteiger partial charge in [-0.1, -0.05) is 24.6 Å². The molecule has 0 unspecified atom stereocenters. The number of halogens is 1. The summed E-state index contributed by atoms with van der Waals surface area (Å²) in [6.07, 6.45) is 1.10. The molecule has 0 spiro atoms. The van der Waals surface area contributed by atoms with Gasteiger partial charge in [0.05, 0.1) is 5.69 Å². The van der Waals surface area contributed by atoms with Crippen LogP contribution in [0.1, 0.15) is 30.3 Å². The SMILES string of the molecule is CCCNCc1ccc(Cl)cc1Oc1c(C)nn(C)c1C. The lowest BCUT2D eigenvalue weighted by Crippen LogP contribution is -2.14. The van der Waals surface area contributed by atoms with Crippen LogP contribution < -0.4 is 10.1 Å². The van der Waals surface area contributed by atoms with Crippen molar-refractivity contribution < 1.29 is 4.74 Å². The van der Waals surface area contributed by atoms with E-state index in [1.54, 1.807) is 0 Å². The first-order chi connectivity index (χ1) is 10.0. The number of ether oxygens (including phenoxy) is 1. The van der Waals surface area contributed by atoms with Crippen LogP contribution in [0.4, 0.5) is 0 Å². The van der Waals surface area contributed by atoms with E-state index in [9.17, 15) is 0 Å². The zero-order chi connectivity index (χ0) is 15.4. The number of aromatic nitrogens is 2. The predicted octanol–water partition coefficient (Wildman–Crippen LogP) is 3.98. The summed E-state index contributed by atoms with van der Waals surface area (Å²) in [5.41, 5.74) is 2.97. The van der Waals surface area contributed by atoms with Crippen LogP contribution in [-0.4, -0.2) is 16.3 Å². The predicted molar refractivity (Wildman–Crippen MR) is 86.2 cm³/mol. The number of rotatable bonds is 6. The van der Waals surface area contributed by atoms with Crippen LogP contribution in [0.5, 0.6) is 11.5 Å². The fourth-order valence-corrected chi connectivity index (χ4v) is 2.34. The Balaban J connectivity index is 2.27. The smallest absolute Gasteiger partial charge is 0.171 e. The van der Waals surface area contributed by atoms with E-state index in [1.807, 2.05) is 43.8 Å². The Morgan fingerprint density at radius 3 is 2.71 bits per heavy atom. The molecule has 0 saturated heterocycles. The van der Waals surface area contributed by atoms with Gasteiger partial charge in [-0.25, -0.2) is 0 Å². The molecular formula is C16H22ClN3O. The second-order valence-electron chi connectivity index (χ2n) is 5.15. The lowest BCUT2D eigenvalue weighted by Gasteiger charge is -2.12. The minimum atomic E-state index is 0.670. The van der Waals surface area contributed by atoms with Crippen LogP contribution in [0.2, 0.25) is 5.02 Å². The summed E-state index contributed by atoms with van der Waals surface area (Å²) in [5.74, 6) is 1.59. The van der Waals surface area contributed by atoms with Gasteiger partial charge < -0.3 is 10.1 Å². The quantitative estimate of drug-likeness (QED) is 0.820. The van der Waals surface area contributed by atoms with Crippen LogP contribution in [0.3, 0.4) is 0 Å². The van der Waals surface area contributed by atoms with Gasteiger partial charge >= 0.3 is 0 Å². The molecule has 0 aliphatic rings. The normalized spacial score (nSPS) is 10.9. The van der Waals surface area contributed by atoms with E-state index in [-0.39, 0.29) is 0 Å². The summed E-state index contributed by atoms with van der Waals surface area (Å²) >= 11 is 6.11. The monoisotopic (exact) mass is 307 g/mol. The van der Waals surface area contributed by atoms with E-state index in [0.29, 0.717) is 5.02 Å². The molecule has 2 rings (SSSR count). The first kappa shape index (κ1) is 15.9. The van der Waals surface area contributed by atoms with Gasteiger partial charge in [0.1, 0.15) is 11.4 Å². The number of nitrogens with zero attached hydrogens (tertiary/aromatic N) is 2. The summed E-state index contributed by atoms with van der Waals surface area (Å²) in [4.78, 5) is 0. The van der Waals surface area contributed by atoms with Gasteiger partial charge in [-0.2, -0.15) is 5.10 Å². The first-order valence-corrected chi connectivity index (χ1v) is 7.58. The minimum absolute atomic E-state index is 0.670. The molecule has 21 heavy (non-hydrogen) atoms. The molecule has 0 radical (unpaired) electrons. The first-order valence-electron chi connectivity index (χ1n) is 7.20. The largest absolute Gasteiger partial charge is 0.453 e. The van der Waals surface area contributed by atoms with Crippen molar-refractivity contribution >= 4 is 11.6 Å². The highest BCUT2D eigenvalue weighted by atomic mass is 35.5. The average molecular weight is 308 g/mol. The van der Waals surface area contributed by atoms with Crippen molar-refractivity contribution in [3.63, 3.8) is 0 Å². The maximum absolute atomic E-state index is 6.11. The Labute approximate surface area is 131 Å². The molecule has 1 N–H and O–H groups in total. The summed E-state index contributed by atoms with van der Waals surface area (Å²) in [7, 11) is 1.91. The molecule has 0 amide bonds. The fraction of sp³-hybridized carbons (Fsp3) is 0.438. The van der Waals surface area contributed by atoms with Crippen molar-refractivity contribution in [2.75, 3.05) is 6.54 Å². The molecule has 4 nitrogen and oxygen atoms in total. The Bertz CT molecular complexity index is 622. The molecule has 2 aromatic rings. The topological polar surface area (TPSA) is 39.1 Å². The van der Waals surface area contributed by atoms with Crippen molar-refractivity contribution in [1.29, 1.82) is 0 Å². The third kappa shape index (κ3) is 3.77. The maximum atomic E-state index is 6.11. The van der Waals surface area contributed by atoms with E-state index in [1.165, 1.54) is 0 Å². The van der Waals surface area contributed by atoms with Gasteiger partial charge in [0, 0.05) is 24.2 Å². The Kier molecular flexibility index (Phi) is 5.26. The molecule has 0 aliphatic carbocycles. The maximum Gasteiger partial charge on any atom is 0.171 e. The third-order valence-corrected chi connectivity index (χ3v) is 3.66. The zero-order valence-corrected chi connectivity index (χ0v) is 13.8. The van der Waals surface area contributed by atoms with Crippen LogP contribution in [0.15, 0.2) is 18.2 Å². The molecule has 5 heteroatoms. The van der Waals surface area contributed by atoms with Crippen molar-refractivity contribution in [2.45, 2.75) is 33.7 Å². The summed E-state index contributed by atoms with van der Waals surface area (Å²) < 4.78 is 7.92. The van der Waals surface area contributed by atoms with Crippen LogP contribution >= 0.6 is 11.6 Å². The lowest BCUT2D eigenvalue weighted by molar-refractivity contribution is 0.465. The molecule has 0 saturated carbocycles. The van der Waals surface area contributed by atoms with E-state index in [4.69, 9.17) is 16.3 Å². The Hall–Kier alpha value is -1.52. The molecule has 1 aromatic carbocycles. The second kappa shape index (κ2) is 6.96. The van der Waals surface area contributed by atoms with E-state index in [0.717, 1.165) is 48.0 Å². The Morgan fingerprint density at radius 2 is 2.10 bits per heavy atom. The summed E-state index contributed by atoms with van der Waals surface area (Å²) in [5, 5.41) is 8.43. The molecule has 1 aromatic heterocycles. The van der Waals surface area contributed by atoms with Crippen LogP contribution in [0, 0.1) is 13.8 Å². The number of nitrogens with one attached hydrogen (secondary N) is 1. The number of hydrogen-bond acceptors (Lipinski definition) is 3. The number of aryl methyl sites for hydroxylation is 2. The zero-order valence-electron chi connectivity index (χ0n) is 13.0. The van der Waals surface area contributed by atoms with Gasteiger partial charge in [0.15, 0.2) is 5.75 Å². The van der Waals surface area contributed by atoms with Crippen LogP contribution in [0.25, 0.3) is 0 Å². The molecule has 1 heterocycles. The molecular weight excluding hydrogens is 286 g/mol. The van der Waals surface area contributed by atoms with Crippen molar-refractivity contribution in [1.82, 2.24) is 15.1 Å². The van der Waals surface area contributed by atoms with Gasteiger partial charge in [-0.05, 0) is 38.9 Å². The highest BCUT2D eigenvalue weighted by Gasteiger charge is 2.14. The molecule has 0 bridgehead atoms. The van der Waals surface area contributed by atoms with Crippen molar-refractivity contribution in [2.24, 2.45) is 7.05 Å². The van der Waals surface area contributed by atoms with Gasteiger partial charge in [-0.15, -0.1) is 0 Å². The molecule has 0 fully saturated rings. The highest BCUT2D eigenvalue weighted by molar-refractivity contribution is 6.30. The third-order valence-electron chi connectivity index (χ3n) is 3.43. The van der Waals surface area contributed by atoms with E-state index < -0.39 is 0 Å². The Morgan fingerprint density at radius 1 is 1.33 bits per heavy atom. The van der Waals surface area contributed by atoms with Gasteiger partial charge in [0.2, 0.25) is 0 Å². The minimum Gasteiger partial charge on any atom is -0.453 e. The number of benzene rings is 1. The van der Waals surface area contributed by atoms with Crippen LogP contribution in [-0.2, 0) is 13.6 Å². The van der Waals surface area contributed by atoms with E-state index in [2.05, 4.69) is 17.3 Å². The molecule has 0 atom stereocenters. The number of hydrogen-bond donors (Lipinski definition) is 1. The van der Waals surface area contributed by atoms with Crippen molar-refractivity contribution in [3.8, 4) is 11.5 Å². The van der Waals surface area contributed by atoms with E-state index >= 15 is 0 Å². The van der Waals surface area contributed by atoms with Gasteiger partial charge in [-0.3, -0.25) is 4.68 Å². The molecule has 0 aliphatic heterocycles. The highest BCUT2D eigenvalue weighted by Crippen LogP contribution is 2.32. The van der Waals surface area contributed by atoms with Crippen molar-refractivity contribution in [3.05, 3.63) is 40.2 Å². The second-order valence-corrected chi connectivity index (χ2v) is 5.59. The molecule has 114 valence electrons.